The lowest BCUT2D eigenvalue weighted by Gasteiger charge is -2.40. The molecule has 2 fully saturated rings. The summed E-state index contributed by atoms with van der Waals surface area (Å²) in [5.74, 6) is 0. The molecule has 2 unspecified atom stereocenters. The Bertz CT molecular complexity index is 222. The molecule has 0 spiro atoms. The summed E-state index contributed by atoms with van der Waals surface area (Å²) in [5.41, 5.74) is 0.152. The highest BCUT2D eigenvalue weighted by Crippen LogP contribution is 2.31. The van der Waals surface area contributed by atoms with E-state index in [0.717, 1.165) is 26.0 Å². The molecule has 2 saturated heterocycles. The van der Waals surface area contributed by atoms with Crippen LogP contribution in [0.25, 0.3) is 0 Å². The average Bonchev–Trinajstić information content (AvgIpc) is 2.90. The minimum absolute atomic E-state index is 0.152. The Morgan fingerprint density at radius 1 is 1.29 bits per heavy atom. The lowest BCUT2D eigenvalue weighted by atomic mass is 9.86. The highest BCUT2D eigenvalue weighted by molar-refractivity contribution is 4.89. The number of hydrogen-bond donors (Lipinski definition) is 2. The maximum Gasteiger partial charge on any atom is 0.0692 e. The van der Waals surface area contributed by atoms with Crippen molar-refractivity contribution in [3.05, 3.63) is 0 Å². The highest BCUT2D eigenvalue weighted by atomic mass is 16.5. The fraction of sp³-hybridized carbons (Fsp3) is 1.00. The summed E-state index contributed by atoms with van der Waals surface area (Å²) < 4.78 is 6.01. The largest absolute Gasteiger partial charge is 0.375 e. The smallest absolute Gasteiger partial charge is 0.0692 e. The zero-order chi connectivity index (χ0) is 12.1. The van der Waals surface area contributed by atoms with Crippen LogP contribution in [0.1, 0.15) is 52.4 Å². The summed E-state index contributed by atoms with van der Waals surface area (Å²) in [7, 11) is 0. The Kier molecular flexibility index (Phi) is 4.83. The van der Waals surface area contributed by atoms with Gasteiger partial charge in [-0.05, 0) is 45.1 Å². The van der Waals surface area contributed by atoms with Crippen molar-refractivity contribution >= 4 is 0 Å². The van der Waals surface area contributed by atoms with E-state index in [-0.39, 0.29) is 5.60 Å². The maximum atomic E-state index is 6.01. The van der Waals surface area contributed by atoms with Crippen LogP contribution in [-0.4, -0.2) is 37.4 Å². The van der Waals surface area contributed by atoms with Crippen molar-refractivity contribution < 1.29 is 4.74 Å². The van der Waals surface area contributed by atoms with Gasteiger partial charge in [-0.15, -0.1) is 0 Å². The van der Waals surface area contributed by atoms with Gasteiger partial charge in [0.1, 0.15) is 0 Å². The number of rotatable bonds is 5. The van der Waals surface area contributed by atoms with E-state index >= 15 is 0 Å². The molecule has 0 amide bonds. The van der Waals surface area contributed by atoms with Crippen molar-refractivity contribution in [3.8, 4) is 0 Å². The quantitative estimate of drug-likeness (QED) is 0.772. The van der Waals surface area contributed by atoms with Gasteiger partial charge in [0.2, 0.25) is 0 Å². The first kappa shape index (κ1) is 13.3. The van der Waals surface area contributed by atoms with Crippen LogP contribution in [0, 0.1) is 0 Å². The molecule has 2 aliphatic heterocycles. The normalized spacial score (nSPS) is 32.8. The van der Waals surface area contributed by atoms with E-state index in [4.69, 9.17) is 4.74 Å². The first-order valence-corrected chi connectivity index (χ1v) is 7.39. The average molecular weight is 240 g/mol. The van der Waals surface area contributed by atoms with E-state index in [2.05, 4.69) is 24.5 Å². The van der Waals surface area contributed by atoms with Crippen molar-refractivity contribution in [3.63, 3.8) is 0 Å². The van der Waals surface area contributed by atoms with E-state index < -0.39 is 0 Å². The fourth-order valence-corrected chi connectivity index (χ4v) is 3.18. The third-order valence-electron chi connectivity index (χ3n) is 4.60. The molecule has 0 radical (unpaired) electrons. The topological polar surface area (TPSA) is 33.3 Å². The first-order valence-electron chi connectivity index (χ1n) is 7.39. The molecule has 3 heteroatoms. The molecule has 2 rings (SSSR count). The van der Waals surface area contributed by atoms with Gasteiger partial charge in [0.15, 0.2) is 0 Å². The molecular formula is C14H28N2O. The summed E-state index contributed by atoms with van der Waals surface area (Å²) >= 11 is 0. The van der Waals surface area contributed by atoms with Crippen LogP contribution in [0.2, 0.25) is 0 Å². The van der Waals surface area contributed by atoms with E-state index in [1.54, 1.807) is 0 Å². The van der Waals surface area contributed by atoms with Gasteiger partial charge in [0, 0.05) is 25.2 Å². The predicted octanol–water partition coefficient (Wildman–Crippen LogP) is 2.07. The second kappa shape index (κ2) is 6.17. The van der Waals surface area contributed by atoms with Crippen LogP contribution in [0.15, 0.2) is 0 Å². The van der Waals surface area contributed by atoms with Gasteiger partial charge in [-0.1, -0.05) is 13.8 Å². The van der Waals surface area contributed by atoms with Gasteiger partial charge in [0.25, 0.3) is 0 Å². The number of ether oxygens (including phenoxy) is 1. The van der Waals surface area contributed by atoms with Crippen LogP contribution in [0.3, 0.4) is 0 Å². The van der Waals surface area contributed by atoms with Crippen molar-refractivity contribution in [2.24, 2.45) is 0 Å². The SMILES string of the molecule is CCC1(CC)CC(NCC2CCCN2)CCO1. The Morgan fingerprint density at radius 2 is 2.12 bits per heavy atom. The third kappa shape index (κ3) is 3.43. The summed E-state index contributed by atoms with van der Waals surface area (Å²) in [4.78, 5) is 0. The van der Waals surface area contributed by atoms with Crippen LogP contribution < -0.4 is 10.6 Å². The lowest BCUT2D eigenvalue weighted by molar-refractivity contribution is -0.0931. The van der Waals surface area contributed by atoms with Crippen molar-refractivity contribution in [2.75, 3.05) is 19.7 Å². The molecule has 2 N–H and O–H groups in total. The molecule has 2 aliphatic rings. The van der Waals surface area contributed by atoms with Gasteiger partial charge in [0.05, 0.1) is 5.60 Å². The van der Waals surface area contributed by atoms with E-state index in [0.29, 0.717) is 12.1 Å². The molecule has 0 aromatic carbocycles. The van der Waals surface area contributed by atoms with E-state index in [9.17, 15) is 0 Å². The van der Waals surface area contributed by atoms with Gasteiger partial charge in [-0.2, -0.15) is 0 Å². The second-order valence-corrected chi connectivity index (χ2v) is 5.63. The number of nitrogens with one attached hydrogen (secondary N) is 2. The van der Waals surface area contributed by atoms with E-state index in [1.165, 1.54) is 32.2 Å². The minimum Gasteiger partial charge on any atom is -0.375 e. The molecule has 2 atom stereocenters. The molecule has 0 bridgehead atoms. The van der Waals surface area contributed by atoms with Crippen LogP contribution in [-0.2, 0) is 4.74 Å². The van der Waals surface area contributed by atoms with Gasteiger partial charge >= 0.3 is 0 Å². The van der Waals surface area contributed by atoms with Crippen LogP contribution in [0.4, 0.5) is 0 Å². The zero-order valence-electron chi connectivity index (χ0n) is 11.4. The molecule has 2 heterocycles. The van der Waals surface area contributed by atoms with Gasteiger partial charge in [-0.3, -0.25) is 0 Å². The monoisotopic (exact) mass is 240 g/mol. The molecule has 0 aromatic rings. The minimum atomic E-state index is 0.152. The van der Waals surface area contributed by atoms with E-state index in [1.807, 2.05) is 0 Å². The van der Waals surface area contributed by atoms with Crippen LogP contribution in [0.5, 0.6) is 0 Å². The second-order valence-electron chi connectivity index (χ2n) is 5.63. The fourth-order valence-electron chi connectivity index (χ4n) is 3.18. The summed E-state index contributed by atoms with van der Waals surface area (Å²) in [6, 6.07) is 1.36. The molecule has 0 aliphatic carbocycles. The highest BCUT2D eigenvalue weighted by Gasteiger charge is 2.34. The molecular weight excluding hydrogens is 212 g/mol. The van der Waals surface area contributed by atoms with Crippen molar-refractivity contribution in [2.45, 2.75) is 70.1 Å². The van der Waals surface area contributed by atoms with Gasteiger partial charge in [-0.25, -0.2) is 0 Å². The predicted molar refractivity (Wildman–Crippen MR) is 71.3 cm³/mol. The number of hydrogen-bond acceptors (Lipinski definition) is 3. The Balaban J connectivity index is 1.76. The van der Waals surface area contributed by atoms with Crippen molar-refractivity contribution in [1.82, 2.24) is 10.6 Å². The summed E-state index contributed by atoms with van der Waals surface area (Å²) in [6.07, 6.45) is 7.32. The Hall–Kier alpha value is -0.120. The van der Waals surface area contributed by atoms with Crippen molar-refractivity contribution in [1.29, 1.82) is 0 Å². The standard InChI is InChI=1S/C14H28N2O/c1-3-14(4-2)10-12(7-9-17-14)16-11-13-6-5-8-15-13/h12-13,15-16H,3-11H2,1-2H3. The molecule has 3 nitrogen and oxygen atoms in total. The molecule has 100 valence electrons. The summed E-state index contributed by atoms with van der Waals surface area (Å²) in [6.45, 7) is 7.77. The van der Waals surface area contributed by atoms with Crippen LogP contribution >= 0.6 is 0 Å². The molecule has 17 heavy (non-hydrogen) atoms. The summed E-state index contributed by atoms with van der Waals surface area (Å²) in [5, 5.41) is 7.30. The molecule has 0 aromatic heterocycles. The van der Waals surface area contributed by atoms with Gasteiger partial charge < -0.3 is 15.4 Å². The zero-order valence-corrected chi connectivity index (χ0v) is 11.4. The maximum absolute atomic E-state index is 6.01. The third-order valence-corrected chi connectivity index (χ3v) is 4.60. The Labute approximate surface area is 106 Å². The molecule has 0 saturated carbocycles. The Morgan fingerprint density at radius 3 is 2.76 bits per heavy atom. The first-order chi connectivity index (χ1) is 8.28. The lowest BCUT2D eigenvalue weighted by Crippen LogP contribution is -2.48.